The van der Waals surface area contributed by atoms with Crippen LogP contribution in [0.5, 0.6) is 0 Å². The van der Waals surface area contributed by atoms with E-state index >= 15 is 0 Å². The third-order valence-electron chi connectivity index (χ3n) is 16.2. The van der Waals surface area contributed by atoms with E-state index in [-0.39, 0.29) is 53.5 Å². The molecule has 2 aromatic carbocycles. The van der Waals surface area contributed by atoms with Crippen LogP contribution in [0, 0.1) is 6.57 Å². The van der Waals surface area contributed by atoms with Crippen molar-refractivity contribution in [3.8, 4) is 0 Å². The summed E-state index contributed by atoms with van der Waals surface area (Å²) in [7, 11) is -8.88. The number of fused-ring (bicyclic) bond motifs is 1. The van der Waals surface area contributed by atoms with E-state index in [0.29, 0.717) is 47.4 Å². The average Bonchev–Trinajstić information content (AvgIpc) is 3.48. The van der Waals surface area contributed by atoms with E-state index in [1.165, 1.54) is 28.1 Å². The molecule has 29 heteroatoms. The molecule has 2 N–H and O–H groups in total. The molecule has 2 fully saturated rings. The second-order valence-electron chi connectivity index (χ2n) is 23.8. The average molecular weight is 1250 g/mol. The molecular weight excluding hydrogens is 1180 g/mol. The lowest BCUT2D eigenvalue weighted by Crippen LogP contribution is -2.50. The third-order valence-corrected chi connectivity index (χ3v) is 28.0. The van der Waals surface area contributed by atoms with Crippen LogP contribution in [-0.4, -0.2) is 148 Å². The number of esters is 1. The van der Waals surface area contributed by atoms with Gasteiger partial charge in [-0.05, 0) is 90.7 Å². The molecule has 10 atom stereocenters. The Kier molecular flexibility index (Phi) is 19.2. The number of hydrogen-bond donors (Lipinski definition) is 2. The van der Waals surface area contributed by atoms with E-state index in [1.807, 2.05) is 59.2 Å². The Bertz CT molecular complexity index is 3520. The van der Waals surface area contributed by atoms with Gasteiger partial charge in [-0.1, -0.05) is 77.9 Å². The summed E-state index contributed by atoms with van der Waals surface area (Å²) < 4.78 is 76.7. The molecule has 9 rings (SSSR count). The number of amides is 1. The van der Waals surface area contributed by atoms with Gasteiger partial charge < -0.3 is 46.6 Å². The molecule has 0 radical (unpaired) electrons. The fraction of sp³-hybridized carbons (Fsp3) is 0.527. The fourth-order valence-electron chi connectivity index (χ4n) is 9.79. The summed E-state index contributed by atoms with van der Waals surface area (Å²) in [6.07, 6.45) is -2.20. The minimum absolute atomic E-state index is 0.0279. The van der Waals surface area contributed by atoms with Crippen LogP contribution in [0.4, 0.5) is 5.82 Å². The molecule has 84 heavy (non-hydrogen) atoms. The van der Waals surface area contributed by atoms with Crippen molar-refractivity contribution in [2.75, 3.05) is 44.4 Å². The highest BCUT2D eigenvalue weighted by molar-refractivity contribution is 8.07. The Labute approximate surface area is 494 Å². The lowest BCUT2D eigenvalue weighted by molar-refractivity contribution is -0.0573. The second kappa shape index (κ2) is 25.5. The molecule has 0 aliphatic carbocycles. The zero-order chi connectivity index (χ0) is 60.5. The zero-order valence-electron chi connectivity index (χ0n) is 48.6. The van der Waals surface area contributed by atoms with Crippen molar-refractivity contribution in [2.45, 2.75) is 146 Å². The summed E-state index contributed by atoms with van der Waals surface area (Å²) in [5, 5.41) is 11.0. The number of imidazole rings is 1. The van der Waals surface area contributed by atoms with Gasteiger partial charge in [-0.3, -0.25) is 28.1 Å². The first-order valence-corrected chi connectivity index (χ1v) is 37.1. The monoisotopic (exact) mass is 1250 g/mol. The van der Waals surface area contributed by atoms with Crippen LogP contribution < -0.4 is 10.5 Å². The van der Waals surface area contributed by atoms with Crippen molar-refractivity contribution in [2.24, 2.45) is 0 Å². The highest BCUT2D eigenvalue weighted by Crippen LogP contribution is 2.56. The second-order valence-corrected chi connectivity index (χ2v) is 36.9. The number of anilines is 1. The van der Waals surface area contributed by atoms with E-state index < -0.39 is 105 Å². The molecule has 6 aromatic rings. The van der Waals surface area contributed by atoms with Crippen LogP contribution in [0.25, 0.3) is 27.0 Å². The topological polar surface area (TPSA) is 266 Å². The van der Waals surface area contributed by atoms with Gasteiger partial charge >= 0.3 is 20.9 Å². The standard InChI is InChI=1S/C55H71N9O15P2SSi2/c1-54(2,3)83(8,9)78-43-38(30-65)74-51(64-34-59-41-48(64)60-33-61(50(41)67)26-28-71-53(68)36-21-16-13-17-22-36)44(43)77-81(82,72-27-24-56-7)73-31-39-42(76-80(69)70)45(79-84(10,11)55(4,5)6)52(75-39)63-29-37-23-18-25-62(46-40(37)47(63)58-32-57-46)49(66)35-19-14-12-15-20-35/h12-17,19-22,29,32-34,38-39,42-45,51-52,65H,18,23-28,30-31H2,1-6,8-11H3/p+1/t38-,39-,42-,43-,44-,45-,51-,52-,81?/m1/s1. The highest BCUT2D eigenvalue weighted by Gasteiger charge is 2.57. The number of ether oxygens (including phenoxy) is 3. The summed E-state index contributed by atoms with van der Waals surface area (Å²) in [5.41, 5.74) is 1.61. The van der Waals surface area contributed by atoms with Gasteiger partial charge in [-0.25, -0.2) is 31.3 Å². The molecule has 7 heterocycles. The van der Waals surface area contributed by atoms with Gasteiger partial charge in [0, 0.05) is 22.9 Å². The number of carbonyl (C=O) groups is 2. The Morgan fingerprint density at radius 3 is 2.11 bits per heavy atom. The summed E-state index contributed by atoms with van der Waals surface area (Å²) in [5.74, 6) is -0.355. The zero-order valence-corrected chi connectivity index (χ0v) is 53.2. The molecule has 2 unspecified atom stereocenters. The van der Waals surface area contributed by atoms with Gasteiger partial charge in [0.1, 0.15) is 67.9 Å². The molecule has 1 amide bonds. The van der Waals surface area contributed by atoms with Crippen LogP contribution >= 0.6 is 15.0 Å². The number of aliphatic hydroxyl groups is 1. The van der Waals surface area contributed by atoms with Crippen molar-refractivity contribution >= 4 is 83.3 Å². The Hall–Kier alpha value is -5.38. The van der Waals surface area contributed by atoms with Crippen LogP contribution in [0.1, 0.15) is 86.7 Å². The molecule has 3 aliphatic rings. The number of aromatic nitrogens is 7. The number of nitrogens with zero attached hydrogens (tertiary/aromatic N) is 9. The van der Waals surface area contributed by atoms with Crippen LogP contribution in [-0.2, 0) is 70.5 Å². The van der Waals surface area contributed by atoms with Gasteiger partial charge in [-0.15, -0.1) is 9.42 Å². The largest absolute Gasteiger partial charge is 0.695 e. The molecule has 450 valence electrons. The first kappa shape index (κ1) is 63.1. The van der Waals surface area contributed by atoms with Crippen LogP contribution in [0.2, 0.25) is 36.3 Å². The Balaban J connectivity index is 1.07. The number of carbonyl (C=O) groups excluding carboxylic acids is 2. The first-order valence-electron chi connectivity index (χ1n) is 27.6. The minimum atomic E-state index is -4.18. The van der Waals surface area contributed by atoms with Crippen LogP contribution in [0.3, 0.4) is 0 Å². The van der Waals surface area contributed by atoms with Crippen molar-refractivity contribution in [3.63, 3.8) is 0 Å². The third kappa shape index (κ3) is 13.3. The molecule has 0 saturated carbocycles. The number of aryl methyl sites for hydroxylation is 1. The minimum Gasteiger partial charge on any atom is -0.460 e. The Morgan fingerprint density at radius 1 is 0.821 bits per heavy atom. The van der Waals surface area contributed by atoms with Gasteiger partial charge in [0.2, 0.25) is 6.54 Å². The molecule has 2 saturated heterocycles. The molecule has 3 aliphatic heterocycles. The van der Waals surface area contributed by atoms with E-state index in [9.17, 15) is 28.9 Å². The molecule has 4 aromatic heterocycles. The lowest BCUT2D eigenvalue weighted by Gasteiger charge is -2.41. The molecule has 24 nitrogen and oxygen atoms in total. The number of aliphatic hydroxyl groups excluding tert-OH is 1. The number of benzene rings is 2. The maximum Gasteiger partial charge on any atom is 0.695 e. The maximum absolute atomic E-state index is 14.1. The van der Waals surface area contributed by atoms with Crippen molar-refractivity contribution in [1.29, 1.82) is 0 Å². The molecule has 0 bridgehead atoms. The number of hydrogen-bond acceptors (Lipinski definition) is 19. The van der Waals surface area contributed by atoms with Crippen molar-refractivity contribution < 1.29 is 65.3 Å². The maximum atomic E-state index is 14.1. The predicted octanol–water partition coefficient (Wildman–Crippen LogP) is 8.65. The SMILES string of the molecule is [C-]#[N+]CCOP(=S)(OC[C@H]1O[C@@H](n2cc3c4c(ncnc42)N(C(=O)c2ccccc2)CCC3)[C@H](O[Si](C)(C)C(C)(C)C)[C@@H]1O[P+](=O)O)O[C@@H]1[C@H](O[Si](C)(C)C(C)(C)C)[C@@H](CO)O[C@H]1n1cnc2c(=O)n(CCOC(=O)c3ccccc3)cnc21. The Morgan fingerprint density at radius 2 is 1.46 bits per heavy atom. The number of rotatable bonds is 22. The van der Waals surface area contributed by atoms with Crippen LogP contribution in [0.15, 0.2) is 90.6 Å². The fourth-order valence-corrected chi connectivity index (χ4v) is 14.9. The highest BCUT2D eigenvalue weighted by atomic mass is 32.5. The smallest absolute Gasteiger partial charge is 0.460 e. The molecule has 0 spiro atoms. The quantitative estimate of drug-likeness (QED) is 0.0212. The summed E-state index contributed by atoms with van der Waals surface area (Å²) in [4.78, 5) is 75.1. The van der Waals surface area contributed by atoms with Gasteiger partial charge in [-0.2, -0.15) is 0 Å². The van der Waals surface area contributed by atoms with Gasteiger partial charge in [0.25, 0.3) is 11.5 Å². The van der Waals surface area contributed by atoms with E-state index in [1.54, 1.807) is 64.1 Å². The summed E-state index contributed by atoms with van der Waals surface area (Å²) in [6.45, 7) is 22.7. The normalized spacial score (nSPS) is 23.1. The lowest BCUT2D eigenvalue weighted by atomic mass is 10.1. The van der Waals surface area contributed by atoms with Crippen molar-refractivity contribution in [1.82, 2.24) is 33.6 Å². The molecular formula is C55H72N9O15P2SSi2+. The van der Waals surface area contributed by atoms with E-state index in [2.05, 4.69) is 40.6 Å². The summed E-state index contributed by atoms with van der Waals surface area (Å²) >= 11 is 6.30. The van der Waals surface area contributed by atoms with Gasteiger partial charge in [0.15, 0.2) is 46.4 Å². The summed E-state index contributed by atoms with van der Waals surface area (Å²) in [6, 6.07) is 17.4. The predicted molar refractivity (Wildman–Crippen MR) is 319 cm³/mol. The van der Waals surface area contributed by atoms with Gasteiger partial charge in [0.05, 0.1) is 37.0 Å². The van der Waals surface area contributed by atoms with E-state index in [4.69, 9.17) is 64.5 Å². The first-order chi connectivity index (χ1) is 39.8. The van der Waals surface area contributed by atoms with Crippen molar-refractivity contribution in [3.05, 3.63) is 124 Å². The van der Waals surface area contributed by atoms with E-state index in [0.717, 1.165) is 5.56 Å².